The summed E-state index contributed by atoms with van der Waals surface area (Å²) in [5.41, 5.74) is 7.85. The van der Waals surface area contributed by atoms with Crippen LogP contribution in [0.1, 0.15) is 52.0 Å². The molecule has 2 fully saturated rings. The summed E-state index contributed by atoms with van der Waals surface area (Å²) in [6.45, 7) is 0.495. The minimum Gasteiger partial charge on any atom is -0.351 e. The van der Waals surface area contributed by atoms with Crippen LogP contribution in [0.25, 0.3) is 0 Å². The maximum atomic E-state index is 13.0. The molecular formula is C22H24N4O3. The van der Waals surface area contributed by atoms with Crippen LogP contribution in [0.2, 0.25) is 0 Å². The van der Waals surface area contributed by atoms with Gasteiger partial charge in [-0.1, -0.05) is 12.1 Å². The SMILES string of the molecule is NC(=O)Nc1ccc(C(=O)N(Cc2ccc(C(=O)NC3CC3)cc2)C2CC2)cc1. The molecule has 0 atom stereocenters. The van der Waals surface area contributed by atoms with Crippen molar-refractivity contribution in [2.45, 2.75) is 44.3 Å². The Morgan fingerprint density at radius 2 is 1.52 bits per heavy atom. The van der Waals surface area contributed by atoms with E-state index in [1.807, 2.05) is 29.2 Å². The molecule has 7 heteroatoms. The molecule has 2 aromatic rings. The van der Waals surface area contributed by atoms with Crippen molar-refractivity contribution in [2.24, 2.45) is 5.73 Å². The van der Waals surface area contributed by atoms with E-state index in [0.29, 0.717) is 29.4 Å². The topological polar surface area (TPSA) is 105 Å². The lowest BCUT2D eigenvalue weighted by atomic mass is 10.1. The van der Waals surface area contributed by atoms with E-state index in [9.17, 15) is 14.4 Å². The summed E-state index contributed by atoms with van der Waals surface area (Å²) in [6, 6.07) is 14.1. The zero-order valence-electron chi connectivity index (χ0n) is 16.1. The van der Waals surface area contributed by atoms with Crippen LogP contribution in [0.4, 0.5) is 10.5 Å². The fourth-order valence-corrected chi connectivity index (χ4v) is 3.21. The van der Waals surface area contributed by atoms with Gasteiger partial charge >= 0.3 is 6.03 Å². The third kappa shape index (κ3) is 4.93. The number of carbonyl (C=O) groups excluding carboxylic acids is 3. The Morgan fingerprint density at radius 3 is 2.07 bits per heavy atom. The predicted octanol–water partition coefficient (Wildman–Crippen LogP) is 2.87. The van der Waals surface area contributed by atoms with E-state index < -0.39 is 6.03 Å². The molecule has 29 heavy (non-hydrogen) atoms. The van der Waals surface area contributed by atoms with Gasteiger partial charge in [-0.25, -0.2) is 4.79 Å². The number of amides is 4. The van der Waals surface area contributed by atoms with E-state index in [4.69, 9.17) is 5.73 Å². The fraction of sp³-hybridized carbons (Fsp3) is 0.318. The molecule has 0 heterocycles. The monoisotopic (exact) mass is 392 g/mol. The molecule has 2 saturated carbocycles. The molecule has 4 rings (SSSR count). The lowest BCUT2D eigenvalue weighted by Crippen LogP contribution is -2.32. The predicted molar refractivity (Wildman–Crippen MR) is 109 cm³/mol. The van der Waals surface area contributed by atoms with Crippen LogP contribution >= 0.6 is 0 Å². The van der Waals surface area contributed by atoms with Gasteiger partial charge in [-0.15, -0.1) is 0 Å². The number of primary amides is 1. The Kier molecular flexibility index (Phi) is 5.20. The molecule has 0 aromatic heterocycles. The first kappa shape index (κ1) is 19.0. The summed E-state index contributed by atoms with van der Waals surface area (Å²) < 4.78 is 0. The maximum Gasteiger partial charge on any atom is 0.316 e. The van der Waals surface area contributed by atoms with Crippen LogP contribution in [-0.4, -0.2) is 34.8 Å². The van der Waals surface area contributed by atoms with Gasteiger partial charge in [0.05, 0.1) is 0 Å². The van der Waals surface area contributed by atoms with E-state index in [2.05, 4.69) is 10.6 Å². The van der Waals surface area contributed by atoms with Gasteiger partial charge in [0.1, 0.15) is 0 Å². The van der Waals surface area contributed by atoms with Gasteiger partial charge in [0.25, 0.3) is 11.8 Å². The van der Waals surface area contributed by atoms with Crippen LogP contribution in [-0.2, 0) is 6.54 Å². The number of anilines is 1. The van der Waals surface area contributed by atoms with Crippen molar-refractivity contribution in [1.82, 2.24) is 10.2 Å². The van der Waals surface area contributed by atoms with Gasteiger partial charge < -0.3 is 21.3 Å². The Labute approximate surface area is 169 Å². The van der Waals surface area contributed by atoms with Crippen molar-refractivity contribution in [3.8, 4) is 0 Å². The van der Waals surface area contributed by atoms with Gasteiger partial charge in [0, 0.05) is 35.4 Å². The number of urea groups is 1. The maximum absolute atomic E-state index is 13.0. The number of carbonyl (C=O) groups is 3. The average Bonchev–Trinajstić information content (AvgIpc) is 3.61. The Morgan fingerprint density at radius 1 is 0.897 bits per heavy atom. The first-order valence-corrected chi connectivity index (χ1v) is 9.87. The highest BCUT2D eigenvalue weighted by Crippen LogP contribution is 2.30. The zero-order chi connectivity index (χ0) is 20.4. The van der Waals surface area contributed by atoms with E-state index in [0.717, 1.165) is 31.2 Å². The molecular weight excluding hydrogens is 368 g/mol. The molecule has 2 aliphatic carbocycles. The first-order valence-electron chi connectivity index (χ1n) is 9.87. The number of rotatable bonds is 7. The van der Waals surface area contributed by atoms with Crippen molar-refractivity contribution in [3.05, 3.63) is 65.2 Å². The van der Waals surface area contributed by atoms with Crippen molar-refractivity contribution >= 4 is 23.5 Å². The van der Waals surface area contributed by atoms with E-state index in [-0.39, 0.29) is 17.9 Å². The zero-order valence-corrected chi connectivity index (χ0v) is 16.1. The normalized spacial score (nSPS) is 15.4. The second-order valence-corrected chi connectivity index (χ2v) is 7.68. The molecule has 150 valence electrons. The fourth-order valence-electron chi connectivity index (χ4n) is 3.21. The van der Waals surface area contributed by atoms with Crippen LogP contribution in [0, 0.1) is 0 Å². The van der Waals surface area contributed by atoms with Crippen molar-refractivity contribution in [1.29, 1.82) is 0 Å². The van der Waals surface area contributed by atoms with Crippen LogP contribution < -0.4 is 16.4 Å². The minimum atomic E-state index is -0.641. The van der Waals surface area contributed by atoms with Gasteiger partial charge in [0.2, 0.25) is 0 Å². The van der Waals surface area contributed by atoms with Gasteiger partial charge in [0.15, 0.2) is 0 Å². The van der Waals surface area contributed by atoms with Gasteiger partial charge in [-0.2, -0.15) is 0 Å². The first-order chi connectivity index (χ1) is 14.0. The Hall–Kier alpha value is -3.35. The van der Waals surface area contributed by atoms with Crippen LogP contribution in [0.15, 0.2) is 48.5 Å². The number of hydrogen-bond donors (Lipinski definition) is 3. The molecule has 0 unspecified atom stereocenters. The highest BCUT2D eigenvalue weighted by molar-refractivity contribution is 5.96. The summed E-state index contributed by atoms with van der Waals surface area (Å²) in [5, 5.41) is 5.46. The number of benzene rings is 2. The van der Waals surface area contributed by atoms with Crippen molar-refractivity contribution < 1.29 is 14.4 Å². The smallest absolute Gasteiger partial charge is 0.316 e. The summed E-state index contributed by atoms with van der Waals surface area (Å²) in [5.74, 6) is -0.0903. The Bertz CT molecular complexity index is 916. The molecule has 0 radical (unpaired) electrons. The summed E-state index contributed by atoms with van der Waals surface area (Å²) in [6.07, 6.45) is 4.10. The standard InChI is InChI=1S/C22H24N4O3/c23-22(29)25-18-7-5-16(6-8-18)21(28)26(19-11-12-19)13-14-1-3-15(4-2-14)20(27)24-17-9-10-17/h1-8,17,19H,9-13H2,(H,24,27)(H3,23,25,29). The number of nitrogens with one attached hydrogen (secondary N) is 2. The Balaban J connectivity index is 1.43. The summed E-state index contributed by atoms with van der Waals surface area (Å²) in [4.78, 5) is 37.9. The average molecular weight is 392 g/mol. The molecule has 2 aromatic carbocycles. The van der Waals surface area contributed by atoms with Gasteiger partial charge in [-0.3, -0.25) is 9.59 Å². The largest absolute Gasteiger partial charge is 0.351 e. The second kappa shape index (κ2) is 7.95. The number of nitrogens with zero attached hydrogens (tertiary/aromatic N) is 1. The molecule has 0 aliphatic heterocycles. The number of hydrogen-bond acceptors (Lipinski definition) is 3. The van der Waals surface area contributed by atoms with E-state index in [1.54, 1.807) is 24.3 Å². The third-order valence-electron chi connectivity index (χ3n) is 5.13. The summed E-state index contributed by atoms with van der Waals surface area (Å²) >= 11 is 0. The molecule has 2 aliphatic rings. The van der Waals surface area contributed by atoms with Crippen molar-refractivity contribution in [3.63, 3.8) is 0 Å². The third-order valence-corrected chi connectivity index (χ3v) is 5.13. The minimum absolute atomic E-state index is 0.0427. The van der Waals surface area contributed by atoms with Crippen LogP contribution in [0.3, 0.4) is 0 Å². The molecule has 7 nitrogen and oxygen atoms in total. The molecule has 0 saturated heterocycles. The molecule has 4 amide bonds. The molecule has 4 N–H and O–H groups in total. The van der Waals surface area contributed by atoms with E-state index >= 15 is 0 Å². The van der Waals surface area contributed by atoms with Crippen LogP contribution in [0.5, 0.6) is 0 Å². The summed E-state index contributed by atoms with van der Waals surface area (Å²) in [7, 11) is 0. The number of nitrogens with two attached hydrogens (primary N) is 1. The molecule has 0 bridgehead atoms. The second-order valence-electron chi connectivity index (χ2n) is 7.68. The highest BCUT2D eigenvalue weighted by Gasteiger charge is 2.33. The quantitative estimate of drug-likeness (QED) is 0.675. The van der Waals surface area contributed by atoms with E-state index in [1.165, 1.54) is 0 Å². The molecule has 0 spiro atoms. The van der Waals surface area contributed by atoms with Crippen molar-refractivity contribution in [2.75, 3.05) is 5.32 Å². The van der Waals surface area contributed by atoms with Gasteiger partial charge in [-0.05, 0) is 67.6 Å². The lowest BCUT2D eigenvalue weighted by Gasteiger charge is -2.23. The lowest BCUT2D eigenvalue weighted by molar-refractivity contribution is 0.0729. The highest BCUT2D eigenvalue weighted by atomic mass is 16.2.